The van der Waals surface area contributed by atoms with Gasteiger partial charge in [0.15, 0.2) is 11.5 Å². The molecule has 0 spiro atoms. The van der Waals surface area contributed by atoms with Gasteiger partial charge < -0.3 is 19.8 Å². The zero-order valence-electron chi connectivity index (χ0n) is 18.1. The average molecular weight is 465 g/mol. The van der Waals surface area contributed by atoms with Crippen molar-refractivity contribution in [2.45, 2.75) is 11.4 Å². The summed E-state index contributed by atoms with van der Waals surface area (Å²) in [5.74, 6) is 0.709. The third-order valence-corrected chi connectivity index (χ3v) is 5.88. The highest BCUT2D eigenvalue weighted by molar-refractivity contribution is 7.80. The molecule has 2 aromatic heterocycles. The van der Waals surface area contributed by atoms with Crippen LogP contribution in [0.25, 0.3) is 22.6 Å². The first-order valence-corrected chi connectivity index (χ1v) is 11.1. The highest BCUT2D eigenvalue weighted by atomic mass is 32.1. The molecule has 0 atom stereocenters. The largest absolute Gasteiger partial charge is 0.496 e. The molecule has 0 aliphatic carbocycles. The van der Waals surface area contributed by atoms with E-state index in [-0.39, 0.29) is 5.91 Å². The maximum atomic E-state index is 12.9. The second-order valence-corrected chi connectivity index (χ2v) is 8.33. The summed E-state index contributed by atoms with van der Waals surface area (Å²) in [6.07, 6.45) is 1.63. The number of anilines is 1. The van der Waals surface area contributed by atoms with Gasteiger partial charge in [-0.05, 0) is 35.9 Å². The lowest BCUT2D eigenvalue weighted by Crippen LogP contribution is -2.35. The molecule has 9 nitrogen and oxygen atoms in total. The highest BCUT2D eigenvalue weighted by Crippen LogP contribution is 2.28. The van der Waals surface area contributed by atoms with Gasteiger partial charge in [-0.1, -0.05) is 6.07 Å². The molecule has 5 rings (SSSR count). The number of amides is 1. The number of imidazole rings is 1. The fourth-order valence-corrected chi connectivity index (χ4v) is 4.11. The van der Waals surface area contributed by atoms with Gasteiger partial charge in [-0.15, -0.1) is 12.6 Å². The summed E-state index contributed by atoms with van der Waals surface area (Å²) >= 11 is 4.33. The predicted octanol–water partition coefficient (Wildman–Crippen LogP) is 3.33. The molecule has 0 unspecified atom stereocenters. The van der Waals surface area contributed by atoms with E-state index in [1.54, 1.807) is 24.4 Å². The van der Waals surface area contributed by atoms with Gasteiger partial charge in [0, 0.05) is 30.7 Å². The first kappa shape index (κ1) is 21.5. The molecule has 1 fully saturated rings. The minimum absolute atomic E-state index is 0.325. The van der Waals surface area contributed by atoms with Crippen LogP contribution in [0.15, 0.2) is 47.5 Å². The van der Waals surface area contributed by atoms with Crippen molar-refractivity contribution in [1.82, 2.24) is 25.1 Å². The topological polar surface area (TPSA) is 108 Å². The molecule has 10 heteroatoms. The summed E-state index contributed by atoms with van der Waals surface area (Å²) in [4.78, 5) is 24.0. The SMILES string of the molecule is COc1ccc(S)cc1C(=O)Nc1c[nH]nc1-c1nc2cc(CN3CCOCC3)ccc2[nH]1. The second kappa shape index (κ2) is 9.26. The Morgan fingerprint density at radius 2 is 2.09 bits per heavy atom. The molecule has 0 bridgehead atoms. The Labute approximate surface area is 195 Å². The van der Waals surface area contributed by atoms with Gasteiger partial charge in [-0.2, -0.15) is 5.10 Å². The molecule has 170 valence electrons. The minimum Gasteiger partial charge on any atom is -0.496 e. The van der Waals surface area contributed by atoms with Crippen molar-refractivity contribution in [1.29, 1.82) is 0 Å². The number of nitrogens with one attached hydrogen (secondary N) is 3. The Balaban J connectivity index is 1.38. The van der Waals surface area contributed by atoms with Crippen LogP contribution in [0.4, 0.5) is 5.69 Å². The minimum atomic E-state index is -0.325. The van der Waals surface area contributed by atoms with Gasteiger partial charge in [0.05, 0.1) is 42.6 Å². The first-order chi connectivity index (χ1) is 16.1. The summed E-state index contributed by atoms with van der Waals surface area (Å²) < 4.78 is 10.7. The van der Waals surface area contributed by atoms with Crippen molar-refractivity contribution in [2.24, 2.45) is 0 Å². The summed E-state index contributed by atoms with van der Waals surface area (Å²) in [5.41, 5.74) is 4.36. The van der Waals surface area contributed by atoms with Crippen LogP contribution in [0.5, 0.6) is 5.75 Å². The average Bonchev–Trinajstić information content (AvgIpc) is 3.46. The second-order valence-electron chi connectivity index (χ2n) is 7.81. The summed E-state index contributed by atoms with van der Waals surface area (Å²) in [5, 5.41) is 10.0. The molecule has 33 heavy (non-hydrogen) atoms. The van der Waals surface area contributed by atoms with E-state index < -0.39 is 0 Å². The zero-order valence-corrected chi connectivity index (χ0v) is 19.0. The third-order valence-electron chi connectivity index (χ3n) is 5.60. The molecule has 4 aromatic rings. The number of ether oxygens (including phenoxy) is 2. The molecule has 0 radical (unpaired) electrons. The van der Waals surface area contributed by atoms with Gasteiger partial charge in [0.25, 0.3) is 5.91 Å². The summed E-state index contributed by atoms with van der Waals surface area (Å²) in [7, 11) is 1.52. The van der Waals surface area contributed by atoms with Crippen LogP contribution in [0.1, 0.15) is 15.9 Å². The number of aromatic nitrogens is 4. The number of methoxy groups -OCH3 is 1. The van der Waals surface area contributed by atoms with Gasteiger partial charge in [-0.25, -0.2) is 4.98 Å². The van der Waals surface area contributed by atoms with Crippen molar-refractivity contribution in [3.05, 3.63) is 53.7 Å². The van der Waals surface area contributed by atoms with E-state index in [2.05, 4.69) is 50.2 Å². The number of morpholine rings is 1. The Hall–Kier alpha value is -3.34. The molecular formula is C23H24N6O3S. The van der Waals surface area contributed by atoms with Crippen LogP contribution in [-0.4, -0.2) is 64.4 Å². The zero-order chi connectivity index (χ0) is 22.8. The monoisotopic (exact) mass is 464 g/mol. The molecule has 2 aromatic carbocycles. The number of H-pyrrole nitrogens is 2. The Kier molecular flexibility index (Phi) is 6.03. The van der Waals surface area contributed by atoms with Crippen LogP contribution in [0, 0.1) is 0 Å². The van der Waals surface area contributed by atoms with Gasteiger partial charge in [-0.3, -0.25) is 14.8 Å². The van der Waals surface area contributed by atoms with Crippen molar-refractivity contribution in [2.75, 3.05) is 38.7 Å². The number of hydrogen-bond donors (Lipinski definition) is 4. The smallest absolute Gasteiger partial charge is 0.259 e. The molecule has 3 heterocycles. The lowest BCUT2D eigenvalue weighted by atomic mass is 10.2. The Morgan fingerprint density at radius 3 is 2.91 bits per heavy atom. The number of fused-ring (bicyclic) bond motifs is 1. The number of nitrogens with zero attached hydrogens (tertiary/aromatic N) is 3. The quantitative estimate of drug-likeness (QED) is 0.326. The fraction of sp³-hybridized carbons (Fsp3) is 0.261. The van der Waals surface area contributed by atoms with Crippen molar-refractivity contribution in [3.63, 3.8) is 0 Å². The number of carbonyl (C=O) groups excluding carboxylic acids is 1. The number of carbonyl (C=O) groups is 1. The van der Waals surface area contributed by atoms with Crippen molar-refractivity contribution < 1.29 is 14.3 Å². The van der Waals surface area contributed by atoms with Crippen LogP contribution < -0.4 is 10.1 Å². The van der Waals surface area contributed by atoms with Crippen LogP contribution in [0.3, 0.4) is 0 Å². The Morgan fingerprint density at radius 1 is 1.24 bits per heavy atom. The van der Waals surface area contributed by atoms with Gasteiger partial charge >= 0.3 is 0 Å². The molecular weight excluding hydrogens is 440 g/mol. The van der Waals surface area contributed by atoms with E-state index in [0.29, 0.717) is 33.4 Å². The van der Waals surface area contributed by atoms with E-state index in [1.165, 1.54) is 12.7 Å². The van der Waals surface area contributed by atoms with Gasteiger partial charge in [0.1, 0.15) is 5.75 Å². The Bertz CT molecular complexity index is 1290. The molecule has 1 saturated heterocycles. The lowest BCUT2D eigenvalue weighted by molar-refractivity contribution is 0.0342. The van der Waals surface area contributed by atoms with Crippen molar-refractivity contribution in [3.8, 4) is 17.3 Å². The van der Waals surface area contributed by atoms with Crippen LogP contribution >= 0.6 is 12.6 Å². The van der Waals surface area contributed by atoms with E-state index in [9.17, 15) is 4.79 Å². The number of aromatic amines is 2. The van der Waals surface area contributed by atoms with E-state index >= 15 is 0 Å². The summed E-state index contributed by atoms with van der Waals surface area (Å²) in [6, 6.07) is 11.3. The maximum Gasteiger partial charge on any atom is 0.259 e. The number of benzene rings is 2. The van der Waals surface area contributed by atoms with E-state index in [0.717, 1.165) is 43.9 Å². The number of rotatable bonds is 6. The molecule has 0 saturated carbocycles. The maximum absolute atomic E-state index is 12.9. The summed E-state index contributed by atoms with van der Waals surface area (Å²) in [6.45, 7) is 4.26. The molecule has 1 amide bonds. The van der Waals surface area contributed by atoms with Crippen LogP contribution in [0.2, 0.25) is 0 Å². The number of thiol groups is 1. The fourth-order valence-electron chi connectivity index (χ4n) is 3.91. The highest BCUT2D eigenvalue weighted by Gasteiger charge is 2.19. The normalized spacial score (nSPS) is 14.5. The first-order valence-electron chi connectivity index (χ1n) is 10.6. The molecule has 3 N–H and O–H groups in total. The molecule has 1 aliphatic heterocycles. The van der Waals surface area contributed by atoms with E-state index in [1.807, 2.05) is 6.07 Å². The third kappa shape index (κ3) is 4.58. The van der Waals surface area contributed by atoms with E-state index in [4.69, 9.17) is 14.5 Å². The van der Waals surface area contributed by atoms with Crippen LogP contribution in [-0.2, 0) is 11.3 Å². The predicted molar refractivity (Wildman–Crippen MR) is 128 cm³/mol. The number of hydrogen-bond acceptors (Lipinski definition) is 7. The lowest BCUT2D eigenvalue weighted by Gasteiger charge is -2.26. The van der Waals surface area contributed by atoms with Crippen molar-refractivity contribution >= 4 is 35.3 Å². The molecule has 1 aliphatic rings. The standard InChI is InChI=1S/C23H24N6O3S/c1-31-20-5-3-15(33)11-16(20)23(30)27-19-12-24-28-21(19)22-25-17-4-2-14(10-18(17)26-22)13-29-6-8-32-9-7-29/h2-5,10-12,33H,6-9,13H2,1H3,(H,24,28)(H,25,26)(H,27,30). The van der Waals surface area contributed by atoms with Gasteiger partial charge in [0.2, 0.25) is 0 Å².